The molecule has 8 heteroatoms. The molecule has 0 fully saturated rings. The lowest BCUT2D eigenvalue weighted by molar-refractivity contribution is -0.118. The zero-order chi connectivity index (χ0) is 18.8. The first-order valence-electron chi connectivity index (χ1n) is 7.57. The Bertz CT molecular complexity index is 857. The van der Waals surface area contributed by atoms with Gasteiger partial charge < -0.3 is 14.8 Å². The average molecular weight is 351 g/mol. The van der Waals surface area contributed by atoms with E-state index in [2.05, 4.69) is 31.2 Å². The van der Waals surface area contributed by atoms with Gasteiger partial charge in [-0.3, -0.25) is 4.79 Å². The van der Waals surface area contributed by atoms with Crippen LogP contribution in [-0.4, -0.2) is 39.6 Å². The predicted molar refractivity (Wildman–Crippen MR) is 95.8 cm³/mol. The number of hydrogen-bond donors (Lipinski definition) is 1. The Morgan fingerprint density at radius 3 is 2.73 bits per heavy atom. The standard InChI is InChI=1S/C18H17N5O3/c1-4-7-13(15(5-2)25-3)14-10-16(22-12-21-14)23-17(24)11-26-18-19-8-6-9-20-18/h1,5-10,12H,11H2,2-3H3,(H,21,22,23,24)/b13-7-,15-5+. The number of ether oxygens (including phenoxy) is 2. The molecule has 132 valence electrons. The molecule has 0 bridgehead atoms. The summed E-state index contributed by atoms with van der Waals surface area (Å²) in [5.41, 5.74) is 1.11. The van der Waals surface area contributed by atoms with Crippen LogP contribution in [0.1, 0.15) is 12.6 Å². The first kappa shape index (κ1) is 18.6. The van der Waals surface area contributed by atoms with Crippen molar-refractivity contribution in [3.63, 3.8) is 0 Å². The van der Waals surface area contributed by atoms with Gasteiger partial charge in [0.25, 0.3) is 5.91 Å². The lowest BCUT2D eigenvalue weighted by Gasteiger charge is -2.11. The molecule has 1 amide bonds. The summed E-state index contributed by atoms with van der Waals surface area (Å²) < 4.78 is 10.5. The van der Waals surface area contributed by atoms with Crippen molar-refractivity contribution in [2.24, 2.45) is 0 Å². The van der Waals surface area contributed by atoms with Gasteiger partial charge in [-0.05, 0) is 19.1 Å². The van der Waals surface area contributed by atoms with Crippen LogP contribution in [0.5, 0.6) is 6.01 Å². The van der Waals surface area contributed by atoms with Crippen LogP contribution in [-0.2, 0) is 9.53 Å². The number of nitrogens with one attached hydrogen (secondary N) is 1. The molecule has 0 aliphatic carbocycles. The van der Waals surface area contributed by atoms with Crippen LogP contribution in [0.2, 0.25) is 0 Å². The number of carbonyl (C=O) groups is 1. The van der Waals surface area contributed by atoms with Crippen LogP contribution in [0, 0.1) is 12.3 Å². The SMILES string of the molecule is C#C/C=C(\C(=C/C)OC)c1cc(NC(=O)COc2ncccn2)ncn1. The van der Waals surface area contributed by atoms with Crippen molar-refractivity contribution in [2.45, 2.75) is 6.92 Å². The van der Waals surface area contributed by atoms with Crippen molar-refractivity contribution in [3.8, 4) is 18.4 Å². The predicted octanol–water partition coefficient (Wildman–Crippen LogP) is 1.85. The maximum absolute atomic E-state index is 12.0. The molecule has 2 aromatic rings. The minimum absolute atomic E-state index is 0.114. The van der Waals surface area contributed by atoms with Gasteiger partial charge in [-0.1, -0.05) is 5.92 Å². The molecule has 0 spiro atoms. The number of terminal acetylenes is 1. The number of nitrogens with zero attached hydrogens (tertiary/aromatic N) is 4. The fourth-order valence-corrected chi connectivity index (χ4v) is 1.98. The molecule has 0 aliphatic heterocycles. The molecule has 0 radical (unpaired) electrons. The fourth-order valence-electron chi connectivity index (χ4n) is 1.98. The number of carbonyl (C=O) groups excluding carboxylic acids is 1. The largest absolute Gasteiger partial charge is 0.496 e. The Kier molecular flexibility index (Phi) is 6.83. The van der Waals surface area contributed by atoms with E-state index >= 15 is 0 Å². The third-order valence-corrected chi connectivity index (χ3v) is 3.06. The van der Waals surface area contributed by atoms with Gasteiger partial charge in [-0.2, -0.15) is 0 Å². The zero-order valence-corrected chi connectivity index (χ0v) is 14.3. The fraction of sp³-hybridized carbons (Fsp3) is 0.167. The normalized spacial score (nSPS) is 11.4. The van der Waals surface area contributed by atoms with Crippen LogP contribution in [0.4, 0.5) is 5.82 Å². The highest BCUT2D eigenvalue weighted by Crippen LogP contribution is 2.22. The monoisotopic (exact) mass is 351 g/mol. The summed E-state index contributed by atoms with van der Waals surface area (Å²) in [4.78, 5) is 27.9. The molecular formula is C18H17N5O3. The summed E-state index contributed by atoms with van der Waals surface area (Å²) in [6, 6.07) is 3.35. The van der Waals surface area contributed by atoms with E-state index in [0.717, 1.165) is 0 Å². The van der Waals surface area contributed by atoms with Crippen molar-refractivity contribution in [2.75, 3.05) is 19.0 Å². The average Bonchev–Trinajstić information content (AvgIpc) is 2.67. The van der Waals surface area contributed by atoms with Crippen LogP contribution in [0.15, 0.2) is 48.8 Å². The van der Waals surface area contributed by atoms with Crippen LogP contribution in [0.3, 0.4) is 0 Å². The molecule has 0 aromatic carbocycles. The number of hydrogen-bond acceptors (Lipinski definition) is 7. The Morgan fingerprint density at radius 2 is 2.08 bits per heavy atom. The summed E-state index contributed by atoms with van der Waals surface area (Å²) in [7, 11) is 1.53. The Labute approximate surface area is 151 Å². The second-order valence-electron chi connectivity index (χ2n) is 4.74. The molecule has 0 atom stereocenters. The molecule has 0 unspecified atom stereocenters. The third-order valence-electron chi connectivity index (χ3n) is 3.06. The Morgan fingerprint density at radius 1 is 1.31 bits per heavy atom. The Hall–Kier alpha value is -3.73. The maximum Gasteiger partial charge on any atom is 0.316 e. The zero-order valence-electron chi connectivity index (χ0n) is 14.3. The number of methoxy groups -OCH3 is 1. The minimum atomic E-state index is -0.414. The van der Waals surface area contributed by atoms with E-state index in [0.29, 0.717) is 22.8 Å². The summed E-state index contributed by atoms with van der Waals surface area (Å²) in [5.74, 6) is 2.89. The van der Waals surface area contributed by atoms with Gasteiger partial charge in [0.1, 0.15) is 17.9 Å². The van der Waals surface area contributed by atoms with E-state index in [-0.39, 0.29) is 12.6 Å². The van der Waals surface area contributed by atoms with Crippen molar-refractivity contribution in [1.29, 1.82) is 0 Å². The van der Waals surface area contributed by atoms with E-state index in [1.165, 1.54) is 31.9 Å². The molecule has 2 aromatic heterocycles. The van der Waals surface area contributed by atoms with Gasteiger partial charge in [0.05, 0.1) is 18.4 Å². The van der Waals surface area contributed by atoms with E-state index in [1.54, 1.807) is 18.2 Å². The molecule has 1 N–H and O–H groups in total. The van der Waals surface area contributed by atoms with E-state index in [1.807, 2.05) is 6.92 Å². The van der Waals surface area contributed by atoms with Gasteiger partial charge >= 0.3 is 6.01 Å². The summed E-state index contributed by atoms with van der Waals surface area (Å²) in [6.07, 6.45) is 13.0. The van der Waals surface area contributed by atoms with Gasteiger partial charge in [0.15, 0.2) is 6.61 Å². The molecule has 26 heavy (non-hydrogen) atoms. The lowest BCUT2D eigenvalue weighted by atomic mass is 10.1. The number of aromatic nitrogens is 4. The van der Waals surface area contributed by atoms with Crippen LogP contribution < -0.4 is 10.1 Å². The molecule has 0 saturated carbocycles. The molecule has 2 heterocycles. The van der Waals surface area contributed by atoms with Crippen molar-refractivity contribution >= 4 is 17.3 Å². The second kappa shape index (κ2) is 9.54. The van der Waals surface area contributed by atoms with Gasteiger partial charge in [0, 0.05) is 24.5 Å². The second-order valence-corrected chi connectivity index (χ2v) is 4.74. The first-order valence-corrected chi connectivity index (χ1v) is 7.57. The van der Waals surface area contributed by atoms with Crippen LogP contribution >= 0.6 is 0 Å². The van der Waals surface area contributed by atoms with Crippen LogP contribution in [0.25, 0.3) is 5.57 Å². The smallest absolute Gasteiger partial charge is 0.316 e. The highest BCUT2D eigenvalue weighted by atomic mass is 16.5. The highest BCUT2D eigenvalue weighted by molar-refractivity contribution is 5.91. The summed E-state index contributed by atoms with van der Waals surface area (Å²) in [6.45, 7) is 1.56. The van der Waals surface area contributed by atoms with Crippen molar-refractivity contribution < 1.29 is 14.3 Å². The van der Waals surface area contributed by atoms with Gasteiger partial charge in [-0.25, -0.2) is 19.9 Å². The molecular weight excluding hydrogens is 334 g/mol. The summed E-state index contributed by atoms with van der Waals surface area (Å²) in [5, 5.41) is 2.61. The number of rotatable bonds is 7. The van der Waals surface area contributed by atoms with Gasteiger partial charge in [0.2, 0.25) is 0 Å². The molecule has 0 aliphatic rings. The third kappa shape index (κ3) is 5.14. The van der Waals surface area contributed by atoms with Crippen molar-refractivity contribution in [3.05, 3.63) is 54.5 Å². The lowest BCUT2D eigenvalue weighted by Crippen LogP contribution is -2.21. The molecule has 0 saturated heterocycles. The van der Waals surface area contributed by atoms with E-state index in [9.17, 15) is 4.79 Å². The molecule has 2 rings (SSSR count). The van der Waals surface area contributed by atoms with E-state index in [4.69, 9.17) is 15.9 Å². The van der Waals surface area contributed by atoms with Gasteiger partial charge in [-0.15, -0.1) is 6.42 Å². The minimum Gasteiger partial charge on any atom is -0.496 e. The topological polar surface area (TPSA) is 99.1 Å². The van der Waals surface area contributed by atoms with E-state index < -0.39 is 5.91 Å². The van der Waals surface area contributed by atoms with Crippen molar-refractivity contribution in [1.82, 2.24) is 19.9 Å². The number of amides is 1. The maximum atomic E-state index is 12.0. The quantitative estimate of drug-likeness (QED) is 0.462. The molecule has 8 nitrogen and oxygen atoms in total. The Balaban J connectivity index is 2.09. The number of allylic oxidation sites excluding steroid dienone is 3. The summed E-state index contributed by atoms with van der Waals surface area (Å²) >= 11 is 0. The first-order chi connectivity index (χ1) is 12.7. The number of anilines is 1. The highest BCUT2D eigenvalue weighted by Gasteiger charge is 2.12.